The Morgan fingerprint density at radius 2 is 1.83 bits per heavy atom. The molecule has 1 atom stereocenters. The van der Waals surface area contributed by atoms with Gasteiger partial charge in [0.1, 0.15) is 16.9 Å². The van der Waals surface area contributed by atoms with Crippen molar-refractivity contribution in [2.75, 3.05) is 44.6 Å². The van der Waals surface area contributed by atoms with Crippen LogP contribution >= 0.6 is 0 Å². The van der Waals surface area contributed by atoms with E-state index in [-0.39, 0.29) is 4.90 Å². The van der Waals surface area contributed by atoms with E-state index < -0.39 is 16.3 Å². The number of nitrogens with one attached hydrogen (secondary N) is 1. The van der Waals surface area contributed by atoms with Gasteiger partial charge in [-0.1, -0.05) is 31.0 Å². The molecular weight excluding hydrogens is 476 g/mol. The van der Waals surface area contributed by atoms with Crippen LogP contribution in [0.2, 0.25) is 0 Å². The third-order valence-corrected chi connectivity index (χ3v) is 8.81. The molecule has 2 N–H and O–H groups in total. The molecule has 2 fully saturated rings. The molecule has 0 spiro atoms. The molecule has 0 bridgehead atoms. The van der Waals surface area contributed by atoms with Crippen LogP contribution < -0.4 is 9.46 Å². The van der Waals surface area contributed by atoms with Crippen LogP contribution in [0.15, 0.2) is 59.6 Å². The molecule has 0 amide bonds. The number of aromatic nitrogens is 1. The third-order valence-electron chi connectivity index (χ3n) is 7.39. The number of piperazine rings is 1. The van der Waals surface area contributed by atoms with Gasteiger partial charge in [-0.05, 0) is 43.0 Å². The first-order valence-corrected chi connectivity index (χ1v) is 14.1. The number of hydrogen-bond donors (Lipinski definition) is 2. The SMILES string of the molecule is COc1cc(NS(=O)(=O)c2cccc3cccnc23)ccc1C(O)N1CCN(CC2CCCC2)CC1. The Hall–Kier alpha value is -2.72. The number of aliphatic hydroxyl groups excluding tert-OH is 1. The lowest BCUT2D eigenvalue weighted by molar-refractivity contribution is -0.0303. The van der Waals surface area contributed by atoms with Crippen molar-refractivity contribution in [1.29, 1.82) is 0 Å². The number of nitrogens with zero attached hydrogens (tertiary/aromatic N) is 3. The van der Waals surface area contributed by atoms with Crippen molar-refractivity contribution in [2.24, 2.45) is 5.92 Å². The smallest absolute Gasteiger partial charge is 0.264 e. The Kier molecular flexibility index (Phi) is 7.43. The van der Waals surface area contributed by atoms with Crippen molar-refractivity contribution in [2.45, 2.75) is 36.8 Å². The zero-order valence-electron chi connectivity index (χ0n) is 20.6. The van der Waals surface area contributed by atoms with Crippen LogP contribution in [0.1, 0.15) is 37.5 Å². The number of aliphatic hydroxyl groups is 1. The molecule has 1 saturated carbocycles. The van der Waals surface area contributed by atoms with Crippen molar-refractivity contribution < 1.29 is 18.3 Å². The van der Waals surface area contributed by atoms with Crippen molar-refractivity contribution in [3.8, 4) is 5.75 Å². The molecule has 2 aliphatic rings. The molecule has 2 heterocycles. The summed E-state index contributed by atoms with van der Waals surface area (Å²) < 4.78 is 34.6. The van der Waals surface area contributed by atoms with E-state index in [1.807, 2.05) is 12.1 Å². The molecule has 1 aliphatic carbocycles. The Morgan fingerprint density at radius 3 is 2.58 bits per heavy atom. The number of pyridine rings is 1. The van der Waals surface area contributed by atoms with Crippen molar-refractivity contribution in [1.82, 2.24) is 14.8 Å². The summed E-state index contributed by atoms with van der Waals surface area (Å²) in [7, 11) is -2.36. The molecule has 0 radical (unpaired) electrons. The van der Waals surface area contributed by atoms with Gasteiger partial charge in [-0.25, -0.2) is 8.42 Å². The Balaban J connectivity index is 1.28. The normalized spacial score (nSPS) is 18.9. The topological polar surface area (TPSA) is 95.0 Å². The van der Waals surface area contributed by atoms with E-state index in [9.17, 15) is 13.5 Å². The predicted molar refractivity (Wildman–Crippen MR) is 140 cm³/mol. The quantitative estimate of drug-likeness (QED) is 0.475. The van der Waals surface area contributed by atoms with Crippen LogP contribution in [0.3, 0.4) is 0 Å². The van der Waals surface area contributed by atoms with E-state index in [4.69, 9.17) is 4.74 Å². The maximum Gasteiger partial charge on any atom is 0.264 e. The Bertz CT molecular complexity index is 1300. The van der Waals surface area contributed by atoms with E-state index >= 15 is 0 Å². The molecule has 1 unspecified atom stereocenters. The Morgan fingerprint density at radius 1 is 1.08 bits per heavy atom. The summed E-state index contributed by atoms with van der Waals surface area (Å²) in [5.41, 5.74) is 1.40. The fourth-order valence-electron chi connectivity index (χ4n) is 5.44. The van der Waals surface area contributed by atoms with E-state index in [1.165, 1.54) is 32.8 Å². The van der Waals surface area contributed by atoms with Crippen LogP contribution in [-0.2, 0) is 10.0 Å². The van der Waals surface area contributed by atoms with Gasteiger partial charge < -0.3 is 14.7 Å². The summed E-state index contributed by atoms with van der Waals surface area (Å²) in [5, 5.41) is 11.9. The first-order valence-electron chi connectivity index (χ1n) is 12.6. The maximum absolute atomic E-state index is 13.2. The molecule has 3 aromatic rings. The van der Waals surface area contributed by atoms with Crippen molar-refractivity contribution in [3.05, 3.63) is 60.3 Å². The number of rotatable bonds is 8. The monoisotopic (exact) mass is 510 g/mol. The highest BCUT2D eigenvalue weighted by molar-refractivity contribution is 7.93. The van der Waals surface area contributed by atoms with Gasteiger partial charge in [0.05, 0.1) is 18.3 Å². The van der Waals surface area contributed by atoms with Crippen LogP contribution in [0, 0.1) is 5.92 Å². The average molecular weight is 511 g/mol. The molecular formula is C27H34N4O4S. The number of anilines is 1. The number of ether oxygens (including phenoxy) is 1. The number of para-hydroxylation sites is 1. The van der Waals surface area contributed by atoms with Crippen molar-refractivity contribution in [3.63, 3.8) is 0 Å². The molecule has 2 aromatic carbocycles. The van der Waals surface area contributed by atoms with Gasteiger partial charge in [-0.2, -0.15) is 0 Å². The largest absolute Gasteiger partial charge is 0.496 e. The predicted octanol–water partition coefficient (Wildman–Crippen LogP) is 3.84. The summed E-state index contributed by atoms with van der Waals surface area (Å²) in [6.07, 6.45) is 6.15. The Labute approximate surface area is 212 Å². The van der Waals surface area contributed by atoms with Crippen LogP contribution in [0.5, 0.6) is 5.75 Å². The van der Waals surface area contributed by atoms with Crippen LogP contribution in [0.25, 0.3) is 10.9 Å². The lowest BCUT2D eigenvalue weighted by atomic mass is 10.1. The van der Waals surface area contributed by atoms with E-state index in [1.54, 1.807) is 42.6 Å². The number of hydrogen-bond acceptors (Lipinski definition) is 7. The highest BCUT2D eigenvalue weighted by Gasteiger charge is 2.28. The van der Waals surface area contributed by atoms with Gasteiger partial charge in [0.15, 0.2) is 0 Å². The van der Waals surface area contributed by atoms with Gasteiger partial charge in [-0.3, -0.25) is 14.6 Å². The second-order valence-corrected chi connectivity index (χ2v) is 11.4. The molecule has 8 nitrogen and oxygen atoms in total. The lowest BCUT2D eigenvalue weighted by Gasteiger charge is -2.38. The maximum atomic E-state index is 13.2. The first-order chi connectivity index (χ1) is 17.4. The number of fused-ring (bicyclic) bond motifs is 1. The summed E-state index contributed by atoms with van der Waals surface area (Å²) in [5.74, 6) is 1.26. The number of methoxy groups -OCH3 is 1. The van der Waals surface area contributed by atoms with Gasteiger partial charge in [0.2, 0.25) is 0 Å². The standard InChI is InChI=1S/C27H34N4O4S/c1-35-24-18-22(29-36(33,34)25-10-4-8-21-9-5-13-28-26(21)25)11-12-23(24)27(32)31-16-14-30(15-17-31)19-20-6-2-3-7-20/h4-5,8-13,18,20,27,29,32H,2-3,6-7,14-17,19H2,1H3. The minimum Gasteiger partial charge on any atom is -0.496 e. The minimum absolute atomic E-state index is 0.110. The summed E-state index contributed by atoms with van der Waals surface area (Å²) in [6, 6.07) is 13.7. The minimum atomic E-state index is -3.88. The number of sulfonamides is 1. The first kappa shape index (κ1) is 25.0. The van der Waals surface area contributed by atoms with Gasteiger partial charge >= 0.3 is 0 Å². The van der Waals surface area contributed by atoms with Crippen LogP contribution in [-0.4, -0.2) is 68.1 Å². The van der Waals surface area contributed by atoms with Gasteiger partial charge in [-0.15, -0.1) is 0 Å². The van der Waals surface area contributed by atoms with Crippen molar-refractivity contribution >= 4 is 26.6 Å². The summed E-state index contributed by atoms with van der Waals surface area (Å²) >= 11 is 0. The highest BCUT2D eigenvalue weighted by atomic mass is 32.2. The second-order valence-electron chi connectivity index (χ2n) is 9.75. The van der Waals surface area contributed by atoms with Gasteiger partial charge in [0, 0.05) is 55.9 Å². The summed E-state index contributed by atoms with van der Waals surface area (Å²) in [4.78, 5) is 8.93. The van der Waals surface area contributed by atoms with E-state index in [0.717, 1.165) is 44.0 Å². The fourth-order valence-corrected chi connectivity index (χ4v) is 6.67. The molecule has 192 valence electrons. The lowest BCUT2D eigenvalue weighted by Crippen LogP contribution is -2.48. The molecule has 1 aliphatic heterocycles. The van der Waals surface area contributed by atoms with E-state index in [2.05, 4.69) is 19.5 Å². The zero-order chi connectivity index (χ0) is 25.1. The van der Waals surface area contributed by atoms with Crippen LogP contribution in [0.4, 0.5) is 5.69 Å². The van der Waals surface area contributed by atoms with E-state index in [0.29, 0.717) is 22.5 Å². The number of benzene rings is 2. The average Bonchev–Trinajstić information content (AvgIpc) is 3.41. The molecule has 5 rings (SSSR count). The highest BCUT2D eigenvalue weighted by Crippen LogP contribution is 2.33. The molecule has 36 heavy (non-hydrogen) atoms. The third kappa shape index (κ3) is 5.34. The molecule has 1 saturated heterocycles. The zero-order valence-corrected chi connectivity index (χ0v) is 21.5. The fraction of sp³-hybridized carbons (Fsp3) is 0.444. The van der Waals surface area contributed by atoms with Gasteiger partial charge in [0.25, 0.3) is 10.0 Å². The summed E-state index contributed by atoms with van der Waals surface area (Å²) in [6.45, 7) is 4.59. The molecule has 9 heteroatoms. The second kappa shape index (κ2) is 10.7. The molecule has 1 aromatic heterocycles.